The lowest BCUT2D eigenvalue weighted by Crippen LogP contribution is -2.26. The van der Waals surface area contributed by atoms with Crippen molar-refractivity contribution in [2.75, 3.05) is 24.6 Å². The summed E-state index contributed by atoms with van der Waals surface area (Å²) in [6.07, 6.45) is 1.71. The van der Waals surface area contributed by atoms with Gasteiger partial charge >= 0.3 is 0 Å². The average molecular weight is 301 g/mol. The van der Waals surface area contributed by atoms with Gasteiger partial charge in [0.05, 0.1) is 17.2 Å². The Labute approximate surface area is 108 Å². The normalized spacial score (nSPS) is 10.0. The van der Waals surface area contributed by atoms with Gasteiger partial charge in [-0.3, -0.25) is 10.1 Å². The first kappa shape index (κ1) is 13.7. The highest BCUT2D eigenvalue weighted by atomic mass is 79.9. The van der Waals surface area contributed by atoms with Gasteiger partial charge in [-0.25, -0.2) is 0 Å². The first-order valence-corrected chi connectivity index (χ1v) is 5.80. The predicted molar refractivity (Wildman–Crippen MR) is 70.3 cm³/mol. The fourth-order valence-corrected chi connectivity index (χ4v) is 2.07. The van der Waals surface area contributed by atoms with Crippen LogP contribution in [0.25, 0.3) is 0 Å². The van der Waals surface area contributed by atoms with Gasteiger partial charge in [-0.15, -0.1) is 6.58 Å². The van der Waals surface area contributed by atoms with Gasteiger partial charge in [0.1, 0.15) is 0 Å². The summed E-state index contributed by atoms with van der Waals surface area (Å²) in [7, 11) is 0. The van der Waals surface area contributed by atoms with Crippen molar-refractivity contribution in [2.45, 2.75) is 0 Å². The molecular formula is C11H13BrN2O3. The number of hydrogen-bond acceptors (Lipinski definition) is 4. The van der Waals surface area contributed by atoms with Gasteiger partial charge in [0, 0.05) is 29.7 Å². The Kier molecular flexibility index (Phi) is 5.11. The SMILES string of the molecule is C=CCN(CCO)c1ccc([N+](=O)[O-])cc1Br. The number of nitro groups is 1. The minimum Gasteiger partial charge on any atom is -0.395 e. The number of nitrogens with zero attached hydrogens (tertiary/aromatic N) is 2. The van der Waals surface area contributed by atoms with E-state index in [9.17, 15) is 10.1 Å². The zero-order chi connectivity index (χ0) is 12.8. The first-order chi connectivity index (χ1) is 8.10. The number of halogens is 1. The van der Waals surface area contributed by atoms with E-state index in [2.05, 4.69) is 22.5 Å². The zero-order valence-corrected chi connectivity index (χ0v) is 10.8. The first-order valence-electron chi connectivity index (χ1n) is 5.00. The Morgan fingerprint density at radius 2 is 2.29 bits per heavy atom. The lowest BCUT2D eigenvalue weighted by atomic mass is 10.2. The molecule has 0 saturated carbocycles. The molecule has 1 N–H and O–H groups in total. The van der Waals surface area contributed by atoms with Crippen LogP contribution in [0, 0.1) is 10.1 Å². The molecule has 0 heterocycles. The minimum absolute atomic E-state index is 0.0112. The lowest BCUT2D eigenvalue weighted by molar-refractivity contribution is -0.384. The van der Waals surface area contributed by atoms with E-state index >= 15 is 0 Å². The Morgan fingerprint density at radius 3 is 2.76 bits per heavy atom. The number of benzene rings is 1. The highest BCUT2D eigenvalue weighted by Crippen LogP contribution is 2.29. The molecule has 1 aromatic rings. The fourth-order valence-electron chi connectivity index (χ4n) is 1.45. The largest absolute Gasteiger partial charge is 0.395 e. The smallest absolute Gasteiger partial charge is 0.270 e. The summed E-state index contributed by atoms with van der Waals surface area (Å²) in [5.41, 5.74) is 0.827. The highest BCUT2D eigenvalue weighted by Gasteiger charge is 2.13. The molecule has 1 aromatic carbocycles. The van der Waals surface area contributed by atoms with E-state index in [4.69, 9.17) is 5.11 Å². The Morgan fingerprint density at radius 1 is 1.59 bits per heavy atom. The van der Waals surface area contributed by atoms with Crippen molar-refractivity contribution in [3.8, 4) is 0 Å². The maximum Gasteiger partial charge on any atom is 0.270 e. The molecule has 0 aromatic heterocycles. The van der Waals surface area contributed by atoms with E-state index in [0.717, 1.165) is 5.69 Å². The number of anilines is 1. The van der Waals surface area contributed by atoms with Gasteiger partial charge in [0.2, 0.25) is 0 Å². The maximum atomic E-state index is 10.6. The van der Waals surface area contributed by atoms with Gasteiger partial charge in [0.15, 0.2) is 0 Å². The molecule has 0 atom stereocenters. The molecule has 0 aliphatic heterocycles. The van der Waals surface area contributed by atoms with E-state index in [1.54, 1.807) is 12.1 Å². The van der Waals surface area contributed by atoms with Gasteiger partial charge < -0.3 is 10.0 Å². The lowest BCUT2D eigenvalue weighted by Gasteiger charge is -2.23. The summed E-state index contributed by atoms with van der Waals surface area (Å²) in [4.78, 5) is 12.0. The van der Waals surface area contributed by atoms with Crippen molar-refractivity contribution >= 4 is 27.3 Å². The third kappa shape index (κ3) is 3.54. The third-order valence-corrected chi connectivity index (χ3v) is 2.84. The maximum absolute atomic E-state index is 10.6. The minimum atomic E-state index is -0.446. The Balaban J connectivity index is 3.03. The van der Waals surface area contributed by atoms with Crippen molar-refractivity contribution < 1.29 is 10.0 Å². The van der Waals surface area contributed by atoms with Crippen LogP contribution in [-0.4, -0.2) is 29.7 Å². The summed E-state index contributed by atoms with van der Waals surface area (Å²) in [5.74, 6) is 0. The molecule has 0 spiro atoms. The van der Waals surface area contributed by atoms with Crippen LogP contribution in [0.1, 0.15) is 0 Å². The average Bonchev–Trinajstić information content (AvgIpc) is 2.28. The van der Waals surface area contributed by atoms with Crippen LogP contribution in [-0.2, 0) is 0 Å². The summed E-state index contributed by atoms with van der Waals surface area (Å²) >= 11 is 3.29. The number of non-ortho nitro benzene ring substituents is 1. The van der Waals surface area contributed by atoms with Gasteiger partial charge in [0.25, 0.3) is 5.69 Å². The molecule has 0 fully saturated rings. The molecule has 1 rings (SSSR count). The van der Waals surface area contributed by atoms with Crippen molar-refractivity contribution in [2.24, 2.45) is 0 Å². The van der Waals surface area contributed by atoms with E-state index in [1.807, 2.05) is 4.90 Å². The Bertz CT molecular complexity index is 423. The zero-order valence-electron chi connectivity index (χ0n) is 9.17. The van der Waals surface area contributed by atoms with Gasteiger partial charge in [-0.1, -0.05) is 6.08 Å². The van der Waals surface area contributed by atoms with Gasteiger partial charge in [-0.05, 0) is 22.0 Å². The number of aliphatic hydroxyl groups is 1. The van der Waals surface area contributed by atoms with Crippen LogP contribution < -0.4 is 4.90 Å². The van der Waals surface area contributed by atoms with Crippen LogP contribution >= 0.6 is 15.9 Å². The molecule has 92 valence electrons. The fraction of sp³-hybridized carbons (Fsp3) is 0.273. The number of rotatable bonds is 6. The standard InChI is InChI=1S/C11H13BrN2O3/c1-2-5-13(6-7-15)11-4-3-9(14(16)17)8-10(11)12/h2-4,8,15H,1,5-7H2. The summed E-state index contributed by atoms with van der Waals surface area (Å²) < 4.78 is 0.627. The van der Waals surface area contributed by atoms with Crippen LogP contribution in [0.2, 0.25) is 0 Å². The quantitative estimate of drug-likeness (QED) is 0.497. The molecule has 5 nitrogen and oxygen atoms in total. The van der Waals surface area contributed by atoms with E-state index in [1.165, 1.54) is 12.1 Å². The summed E-state index contributed by atoms with van der Waals surface area (Å²) in [6, 6.07) is 4.54. The van der Waals surface area contributed by atoms with Crippen LogP contribution in [0.15, 0.2) is 35.3 Å². The molecule has 0 aliphatic carbocycles. The van der Waals surface area contributed by atoms with Crippen molar-refractivity contribution in [1.29, 1.82) is 0 Å². The molecule has 0 amide bonds. The van der Waals surface area contributed by atoms with E-state index in [-0.39, 0.29) is 12.3 Å². The number of nitro benzene ring substituents is 1. The van der Waals surface area contributed by atoms with E-state index < -0.39 is 4.92 Å². The molecule has 17 heavy (non-hydrogen) atoms. The molecular weight excluding hydrogens is 288 g/mol. The second-order valence-electron chi connectivity index (χ2n) is 3.35. The monoisotopic (exact) mass is 300 g/mol. The van der Waals surface area contributed by atoms with Gasteiger partial charge in [-0.2, -0.15) is 0 Å². The second-order valence-corrected chi connectivity index (χ2v) is 4.21. The molecule has 0 radical (unpaired) electrons. The highest BCUT2D eigenvalue weighted by molar-refractivity contribution is 9.10. The van der Waals surface area contributed by atoms with Crippen LogP contribution in [0.5, 0.6) is 0 Å². The van der Waals surface area contributed by atoms with Crippen LogP contribution in [0.3, 0.4) is 0 Å². The van der Waals surface area contributed by atoms with Crippen molar-refractivity contribution in [3.05, 3.63) is 45.4 Å². The summed E-state index contributed by atoms with van der Waals surface area (Å²) in [5, 5.41) is 19.6. The molecule has 0 saturated heterocycles. The molecule has 6 heteroatoms. The Hall–Kier alpha value is -1.40. The predicted octanol–water partition coefficient (Wildman–Crippen LogP) is 2.34. The molecule has 0 unspecified atom stereocenters. The number of aliphatic hydroxyl groups excluding tert-OH is 1. The molecule has 0 bridgehead atoms. The molecule has 0 aliphatic rings. The third-order valence-electron chi connectivity index (χ3n) is 2.20. The van der Waals surface area contributed by atoms with E-state index in [0.29, 0.717) is 17.6 Å². The van der Waals surface area contributed by atoms with Crippen LogP contribution in [0.4, 0.5) is 11.4 Å². The van der Waals surface area contributed by atoms with Crippen molar-refractivity contribution in [3.63, 3.8) is 0 Å². The summed E-state index contributed by atoms with van der Waals surface area (Å²) in [6.45, 7) is 4.66. The number of hydrogen-bond donors (Lipinski definition) is 1. The topological polar surface area (TPSA) is 66.6 Å². The van der Waals surface area contributed by atoms with Crippen molar-refractivity contribution in [1.82, 2.24) is 0 Å². The second kappa shape index (κ2) is 6.36.